The van der Waals surface area contributed by atoms with E-state index in [1.807, 2.05) is 13.8 Å². The first-order valence-electron chi connectivity index (χ1n) is 7.25. The van der Waals surface area contributed by atoms with Crippen LogP contribution in [-0.2, 0) is 14.6 Å². The first-order valence-corrected chi connectivity index (χ1v) is 8.85. The van der Waals surface area contributed by atoms with Gasteiger partial charge in [-0.05, 0) is 37.5 Å². The Balaban J connectivity index is 2.15. The maximum atomic E-state index is 12.8. The zero-order valence-electron chi connectivity index (χ0n) is 11.7. The molecule has 2 fully saturated rings. The van der Waals surface area contributed by atoms with Gasteiger partial charge in [-0.2, -0.15) is 0 Å². The van der Waals surface area contributed by atoms with Crippen LogP contribution in [0.3, 0.4) is 0 Å². The van der Waals surface area contributed by atoms with E-state index in [4.69, 9.17) is 0 Å². The summed E-state index contributed by atoms with van der Waals surface area (Å²) in [6, 6.07) is 0. The maximum absolute atomic E-state index is 12.8. The molecule has 2 saturated carbocycles. The van der Waals surface area contributed by atoms with Crippen LogP contribution < -0.4 is 0 Å². The molecular weight excluding hydrogens is 264 g/mol. The molecule has 19 heavy (non-hydrogen) atoms. The summed E-state index contributed by atoms with van der Waals surface area (Å²) in [7, 11) is -3.19. The molecule has 0 aromatic rings. The molecule has 0 heterocycles. The quantitative estimate of drug-likeness (QED) is 0.839. The second-order valence-electron chi connectivity index (χ2n) is 6.37. The Hall–Kier alpha value is -0.420. The third kappa shape index (κ3) is 3.02. The fourth-order valence-electron chi connectivity index (χ4n) is 3.72. The summed E-state index contributed by atoms with van der Waals surface area (Å²) in [6.07, 6.45) is 2.63. The molecule has 4 nitrogen and oxygen atoms in total. The van der Waals surface area contributed by atoms with E-state index in [1.54, 1.807) is 0 Å². The Labute approximate surface area is 115 Å². The molecular formula is C14H24O4S. The van der Waals surface area contributed by atoms with Crippen LogP contribution in [0.5, 0.6) is 0 Å². The van der Waals surface area contributed by atoms with Crippen LogP contribution in [0.4, 0.5) is 0 Å². The highest BCUT2D eigenvalue weighted by atomic mass is 32.2. The lowest BCUT2D eigenvalue weighted by molar-refractivity contribution is -0.121. The van der Waals surface area contributed by atoms with Crippen molar-refractivity contribution in [2.45, 2.75) is 69.0 Å². The summed E-state index contributed by atoms with van der Waals surface area (Å²) >= 11 is 0. The number of aliphatic hydroxyl groups is 1. The Morgan fingerprint density at radius 2 is 1.68 bits per heavy atom. The standard InChI is InChI=1S/C14H24O4S/c1-9-7-11(15)3-5-13(9)19(17,18)14-6-4-12(16)8-10(14)2/h9-11,13-15H,3-8H2,1-2H3. The van der Waals surface area contributed by atoms with E-state index in [2.05, 4.69) is 0 Å². The number of hydrogen-bond acceptors (Lipinski definition) is 4. The Morgan fingerprint density at radius 3 is 2.26 bits per heavy atom. The van der Waals surface area contributed by atoms with Gasteiger partial charge in [-0.3, -0.25) is 4.79 Å². The van der Waals surface area contributed by atoms with Crippen LogP contribution in [-0.4, -0.2) is 35.9 Å². The van der Waals surface area contributed by atoms with Crippen LogP contribution in [0.1, 0.15) is 52.4 Å². The van der Waals surface area contributed by atoms with Gasteiger partial charge >= 0.3 is 0 Å². The van der Waals surface area contributed by atoms with E-state index in [9.17, 15) is 18.3 Å². The number of rotatable bonds is 2. The topological polar surface area (TPSA) is 71.4 Å². The SMILES string of the molecule is CC1CC(=O)CCC1S(=O)(=O)C1CCC(O)CC1C. The van der Waals surface area contributed by atoms with Crippen molar-refractivity contribution in [3.63, 3.8) is 0 Å². The van der Waals surface area contributed by atoms with E-state index < -0.39 is 9.84 Å². The van der Waals surface area contributed by atoms with Crippen LogP contribution >= 0.6 is 0 Å². The number of Topliss-reactive ketones (excluding diaryl/α,β-unsaturated/α-hetero) is 1. The molecule has 0 spiro atoms. The molecule has 0 bridgehead atoms. The predicted octanol–water partition coefficient (Wildman–Crippen LogP) is 1.71. The molecule has 0 radical (unpaired) electrons. The molecule has 0 amide bonds. The molecule has 2 aliphatic carbocycles. The van der Waals surface area contributed by atoms with E-state index in [0.29, 0.717) is 38.5 Å². The molecule has 5 heteroatoms. The average molecular weight is 288 g/mol. The van der Waals surface area contributed by atoms with E-state index in [1.165, 1.54) is 0 Å². The molecule has 0 aliphatic heterocycles. The van der Waals surface area contributed by atoms with Gasteiger partial charge in [-0.15, -0.1) is 0 Å². The molecule has 2 rings (SSSR count). The van der Waals surface area contributed by atoms with Gasteiger partial charge in [0.1, 0.15) is 5.78 Å². The van der Waals surface area contributed by atoms with E-state index in [0.717, 1.165) is 0 Å². The third-order valence-corrected chi connectivity index (χ3v) is 7.89. The molecule has 110 valence electrons. The molecule has 5 atom stereocenters. The van der Waals surface area contributed by atoms with Crippen molar-refractivity contribution < 1.29 is 18.3 Å². The van der Waals surface area contributed by atoms with Crippen LogP contribution in [0, 0.1) is 11.8 Å². The first kappa shape index (κ1) is 15.0. The van der Waals surface area contributed by atoms with E-state index >= 15 is 0 Å². The predicted molar refractivity (Wildman–Crippen MR) is 73.5 cm³/mol. The van der Waals surface area contributed by atoms with Gasteiger partial charge in [0, 0.05) is 12.8 Å². The lowest BCUT2D eigenvalue weighted by atomic mass is 9.88. The molecule has 0 saturated heterocycles. The van der Waals surface area contributed by atoms with Crippen molar-refractivity contribution in [2.24, 2.45) is 11.8 Å². The highest BCUT2D eigenvalue weighted by molar-refractivity contribution is 7.92. The minimum Gasteiger partial charge on any atom is -0.393 e. The Bertz CT molecular complexity index is 442. The summed E-state index contributed by atoms with van der Waals surface area (Å²) < 4.78 is 25.6. The minimum absolute atomic E-state index is 0.0126. The van der Waals surface area contributed by atoms with Gasteiger partial charge in [-0.25, -0.2) is 8.42 Å². The number of carbonyl (C=O) groups is 1. The van der Waals surface area contributed by atoms with Crippen molar-refractivity contribution in [1.29, 1.82) is 0 Å². The molecule has 0 aromatic carbocycles. The average Bonchev–Trinajstić information content (AvgIpc) is 2.27. The number of hydrogen-bond donors (Lipinski definition) is 1. The van der Waals surface area contributed by atoms with Crippen molar-refractivity contribution in [1.82, 2.24) is 0 Å². The largest absolute Gasteiger partial charge is 0.393 e. The maximum Gasteiger partial charge on any atom is 0.156 e. The summed E-state index contributed by atoms with van der Waals surface area (Å²) in [5.74, 6) is 0.134. The zero-order valence-corrected chi connectivity index (χ0v) is 12.5. The molecule has 5 unspecified atom stereocenters. The van der Waals surface area contributed by atoms with Crippen molar-refractivity contribution in [3.05, 3.63) is 0 Å². The van der Waals surface area contributed by atoms with Gasteiger partial charge in [0.25, 0.3) is 0 Å². The molecule has 1 N–H and O–H groups in total. The zero-order chi connectivity index (χ0) is 14.2. The second-order valence-corrected chi connectivity index (χ2v) is 8.76. The monoisotopic (exact) mass is 288 g/mol. The third-order valence-electron chi connectivity index (χ3n) is 4.80. The van der Waals surface area contributed by atoms with Gasteiger partial charge < -0.3 is 5.11 Å². The summed E-state index contributed by atoms with van der Waals surface area (Å²) in [6.45, 7) is 3.80. The fourth-order valence-corrected chi connectivity index (χ4v) is 6.58. The van der Waals surface area contributed by atoms with Crippen molar-refractivity contribution in [2.75, 3.05) is 0 Å². The number of sulfone groups is 1. The highest BCUT2D eigenvalue weighted by Gasteiger charge is 2.43. The van der Waals surface area contributed by atoms with Crippen LogP contribution in [0.15, 0.2) is 0 Å². The Morgan fingerprint density at radius 1 is 1.05 bits per heavy atom. The lowest BCUT2D eigenvalue weighted by Crippen LogP contribution is -2.45. The molecule has 2 aliphatic rings. The van der Waals surface area contributed by atoms with Gasteiger partial charge in [0.2, 0.25) is 0 Å². The van der Waals surface area contributed by atoms with Gasteiger partial charge in [0.15, 0.2) is 9.84 Å². The first-order chi connectivity index (χ1) is 8.82. The Kier molecular flexibility index (Phi) is 4.35. The fraction of sp³-hybridized carbons (Fsp3) is 0.929. The number of ketones is 1. The summed E-state index contributed by atoms with van der Waals surface area (Å²) in [4.78, 5) is 11.4. The van der Waals surface area contributed by atoms with Crippen molar-refractivity contribution in [3.8, 4) is 0 Å². The van der Waals surface area contributed by atoms with Gasteiger partial charge in [-0.1, -0.05) is 13.8 Å². The highest BCUT2D eigenvalue weighted by Crippen LogP contribution is 2.37. The smallest absolute Gasteiger partial charge is 0.156 e. The lowest BCUT2D eigenvalue weighted by Gasteiger charge is -2.37. The minimum atomic E-state index is -3.19. The second kappa shape index (κ2) is 5.52. The van der Waals surface area contributed by atoms with Crippen LogP contribution in [0.2, 0.25) is 0 Å². The normalized spacial score (nSPS) is 41.2. The van der Waals surface area contributed by atoms with E-state index in [-0.39, 0.29) is 34.2 Å². The van der Waals surface area contributed by atoms with Crippen molar-refractivity contribution >= 4 is 15.6 Å². The van der Waals surface area contributed by atoms with Gasteiger partial charge in [0.05, 0.1) is 16.6 Å². The summed E-state index contributed by atoms with van der Waals surface area (Å²) in [5.41, 5.74) is 0. The molecule has 0 aromatic heterocycles. The van der Waals surface area contributed by atoms with Crippen LogP contribution in [0.25, 0.3) is 0 Å². The summed E-state index contributed by atoms with van der Waals surface area (Å²) in [5, 5.41) is 8.92. The number of aliphatic hydroxyl groups excluding tert-OH is 1. The number of carbonyl (C=O) groups excluding carboxylic acids is 1.